The molecule has 6 rings (SSSR count). The van der Waals surface area contributed by atoms with Crippen LogP contribution in [-0.2, 0) is 19.4 Å². The number of nitrogens with one attached hydrogen (secondary N) is 1. The number of hydrogen-bond acceptors (Lipinski definition) is 7. The fourth-order valence-electron chi connectivity index (χ4n) is 6.14. The lowest BCUT2D eigenvalue weighted by molar-refractivity contribution is -0.126. The molecule has 5 heterocycles. The van der Waals surface area contributed by atoms with E-state index in [1.54, 1.807) is 6.07 Å². The van der Waals surface area contributed by atoms with Gasteiger partial charge in [-0.3, -0.25) is 4.90 Å². The number of aromatic nitrogens is 2. The lowest BCUT2D eigenvalue weighted by atomic mass is 9.71. The van der Waals surface area contributed by atoms with E-state index < -0.39 is 12.6 Å². The van der Waals surface area contributed by atoms with Gasteiger partial charge in [0.25, 0.3) is 0 Å². The number of halogens is 3. The molecule has 194 valence electrons. The third-order valence-corrected chi connectivity index (χ3v) is 9.31. The molecule has 2 fully saturated rings. The first-order chi connectivity index (χ1) is 17.8. The minimum Gasteiger partial charge on any atom is -0.369 e. The highest BCUT2D eigenvalue weighted by molar-refractivity contribution is 7.18. The van der Waals surface area contributed by atoms with Gasteiger partial charge in [-0.15, -0.1) is 11.3 Å². The van der Waals surface area contributed by atoms with Crippen LogP contribution < -0.4 is 10.2 Å². The Morgan fingerprint density at radius 1 is 1.08 bits per heavy atom. The van der Waals surface area contributed by atoms with Gasteiger partial charge in [0.1, 0.15) is 23.0 Å². The monoisotopic (exact) mass is 526 g/mol. The highest BCUT2D eigenvalue weighted by Crippen LogP contribution is 2.43. The molecule has 0 bridgehead atoms. The molecule has 3 aliphatic rings. The Kier molecular flexibility index (Phi) is 6.24. The van der Waals surface area contributed by atoms with E-state index in [1.165, 1.54) is 17.5 Å². The summed E-state index contributed by atoms with van der Waals surface area (Å²) in [6.45, 7) is 4.79. The largest absolute Gasteiger partial charge is 0.393 e. The molecule has 1 unspecified atom stereocenters. The van der Waals surface area contributed by atoms with Gasteiger partial charge in [-0.05, 0) is 67.4 Å². The first-order valence-corrected chi connectivity index (χ1v) is 13.7. The molecular formula is C27H29F3N6S. The number of nitriles is 1. The topological polar surface area (TPSA) is 68.1 Å². The SMILES string of the molecule is N#CC1Cc2ccc(CN3CCC4(CC3)CCN(c3ncnc5sc(CC(F)(F)F)cc35)CC4)cc2N1. The molecule has 2 saturated heterocycles. The van der Waals surface area contributed by atoms with Gasteiger partial charge in [-0.2, -0.15) is 18.4 Å². The van der Waals surface area contributed by atoms with Crippen molar-refractivity contribution < 1.29 is 13.2 Å². The minimum atomic E-state index is -4.22. The summed E-state index contributed by atoms with van der Waals surface area (Å²) in [5.74, 6) is 0.769. The van der Waals surface area contributed by atoms with Gasteiger partial charge < -0.3 is 10.2 Å². The molecule has 0 saturated carbocycles. The summed E-state index contributed by atoms with van der Waals surface area (Å²) in [5, 5.41) is 13.2. The first-order valence-electron chi connectivity index (χ1n) is 12.8. The Labute approximate surface area is 218 Å². The Morgan fingerprint density at radius 2 is 1.84 bits per heavy atom. The molecule has 6 nitrogen and oxygen atoms in total. The molecule has 0 radical (unpaired) electrons. The molecule has 3 aromatic rings. The van der Waals surface area contributed by atoms with Crippen molar-refractivity contribution in [3.05, 3.63) is 46.6 Å². The average molecular weight is 527 g/mol. The molecule has 1 aromatic carbocycles. The second-order valence-corrected chi connectivity index (χ2v) is 11.8. The lowest BCUT2D eigenvalue weighted by Gasteiger charge is -2.47. The number of piperidine rings is 2. The summed E-state index contributed by atoms with van der Waals surface area (Å²) in [7, 11) is 0. The van der Waals surface area contributed by atoms with Crippen molar-refractivity contribution in [3.8, 4) is 6.07 Å². The molecule has 10 heteroatoms. The quantitative estimate of drug-likeness (QED) is 0.482. The molecule has 0 aliphatic carbocycles. The van der Waals surface area contributed by atoms with Crippen LogP contribution in [-0.4, -0.2) is 53.3 Å². The van der Waals surface area contributed by atoms with Crippen molar-refractivity contribution in [2.45, 2.75) is 57.3 Å². The van der Waals surface area contributed by atoms with E-state index in [0.717, 1.165) is 93.1 Å². The number of nitrogens with zero attached hydrogens (tertiary/aromatic N) is 5. The molecule has 37 heavy (non-hydrogen) atoms. The van der Waals surface area contributed by atoms with E-state index >= 15 is 0 Å². The predicted molar refractivity (Wildman–Crippen MR) is 139 cm³/mol. The molecular weight excluding hydrogens is 497 g/mol. The van der Waals surface area contributed by atoms with Crippen LogP contribution >= 0.6 is 11.3 Å². The van der Waals surface area contributed by atoms with Crippen molar-refractivity contribution in [3.63, 3.8) is 0 Å². The molecule has 2 aromatic heterocycles. The van der Waals surface area contributed by atoms with E-state index in [-0.39, 0.29) is 10.9 Å². The summed E-state index contributed by atoms with van der Waals surface area (Å²) < 4.78 is 38.7. The zero-order chi connectivity index (χ0) is 25.6. The maximum atomic E-state index is 12.9. The maximum absolute atomic E-state index is 12.9. The van der Waals surface area contributed by atoms with Crippen LogP contribution in [0.3, 0.4) is 0 Å². The van der Waals surface area contributed by atoms with Crippen molar-refractivity contribution in [2.24, 2.45) is 5.41 Å². The third kappa shape index (κ3) is 5.12. The highest BCUT2D eigenvalue weighted by atomic mass is 32.1. The Morgan fingerprint density at radius 3 is 2.57 bits per heavy atom. The Hall–Kier alpha value is -2.90. The van der Waals surface area contributed by atoms with Crippen LogP contribution in [0.25, 0.3) is 10.2 Å². The highest BCUT2D eigenvalue weighted by Gasteiger charge is 2.38. The van der Waals surface area contributed by atoms with Crippen molar-refractivity contribution >= 4 is 33.1 Å². The fraction of sp³-hybridized carbons (Fsp3) is 0.519. The first kappa shape index (κ1) is 24.4. The average Bonchev–Trinajstić information content (AvgIpc) is 3.48. The minimum absolute atomic E-state index is 0.119. The summed E-state index contributed by atoms with van der Waals surface area (Å²) in [4.78, 5) is 14.4. The van der Waals surface area contributed by atoms with Gasteiger partial charge in [-0.1, -0.05) is 12.1 Å². The molecule has 0 amide bonds. The van der Waals surface area contributed by atoms with Crippen LogP contribution in [0.15, 0.2) is 30.6 Å². The number of rotatable bonds is 4. The number of hydrogen-bond donors (Lipinski definition) is 1. The smallest absolute Gasteiger partial charge is 0.369 e. The molecule has 1 spiro atoms. The Balaban J connectivity index is 1.06. The van der Waals surface area contributed by atoms with Gasteiger partial charge in [0.05, 0.1) is 17.9 Å². The molecule has 3 aliphatic heterocycles. The summed E-state index contributed by atoms with van der Waals surface area (Å²) in [5.41, 5.74) is 3.93. The third-order valence-electron chi connectivity index (χ3n) is 8.26. The van der Waals surface area contributed by atoms with Gasteiger partial charge in [0.15, 0.2) is 0 Å². The van der Waals surface area contributed by atoms with Gasteiger partial charge in [0, 0.05) is 36.6 Å². The number of benzene rings is 1. The zero-order valence-corrected chi connectivity index (χ0v) is 21.3. The summed E-state index contributed by atoms with van der Waals surface area (Å²) >= 11 is 1.11. The number of alkyl halides is 3. The van der Waals surface area contributed by atoms with E-state index in [2.05, 4.69) is 49.4 Å². The van der Waals surface area contributed by atoms with Gasteiger partial charge in [-0.25, -0.2) is 9.97 Å². The lowest BCUT2D eigenvalue weighted by Crippen LogP contribution is -2.46. The van der Waals surface area contributed by atoms with E-state index in [9.17, 15) is 18.4 Å². The van der Waals surface area contributed by atoms with Crippen molar-refractivity contribution in [1.29, 1.82) is 5.26 Å². The van der Waals surface area contributed by atoms with Gasteiger partial charge in [0.2, 0.25) is 0 Å². The van der Waals surface area contributed by atoms with Crippen molar-refractivity contribution in [2.75, 3.05) is 36.4 Å². The Bertz CT molecular complexity index is 1330. The van der Waals surface area contributed by atoms with E-state index in [4.69, 9.17) is 0 Å². The number of anilines is 2. The van der Waals surface area contributed by atoms with Crippen LogP contribution in [0, 0.1) is 16.7 Å². The number of thiophene rings is 1. The van der Waals surface area contributed by atoms with E-state index in [0.29, 0.717) is 10.2 Å². The van der Waals surface area contributed by atoms with Crippen molar-refractivity contribution in [1.82, 2.24) is 14.9 Å². The van der Waals surface area contributed by atoms with Gasteiger partial charge >= 0.3 is 6.18 Å². The molecule has 1 N–H and O–H groups in total. The second kappa shape index (κ2) is 9.44. The fourth-order valence-corrected chi connectivity index (χ4v) is 7.16. The van der Waals surface area contributed by atoms with E-state index in [1.807, 2.05) is 0 Å². The molecule has 1 atom stereocenters. The summed E-state index contributed by atoms with van der Waals surface area (Å²) in [6.07, 6.45) is 1.57. The number of fused-ring (bicyclic) bond motifs is 2. The zero-order valence-electron chi connectivity index (χ0n) is 20.5. The summed E-state index contributed by atoms with van der Waals surface area (Å²) in [6, 6.07) is 10.3. The predicted octanol–water partition coefficient (Wildman–Crippen LogP) is 5.54. The van der Waals surface area contributed by atoms with Crippen LogP contribution in [0.4, 0.5) is 24.7 Å². The van der Waals surface area contributed by atoms with Crippen LogP contribution in [0.1, 0.15) is 41.7 Å². The second-order valence-electron chi connectivity index (χ2n) is 10.7. The van der Waals surface area contributed by atoms with Crippen LogP contribution in [0.2, 0.25) is 0 Å². The maximum Gasteiger partial charge on any atom is 0.393 e. The van der Waals surface area contributed by atoms with Crippen LogP contribution in [0.5, 0.6) is 0 Å². The standard InChI is InChI=1S/C27H29F3N6S/c28-27(29,30)14-21-13-22-24(32-17-33-25(22)37-21)36-9-5-26(6-10-36)3-7-35(8-4-26)16-18-1-2-19-12-20(15-31)34-23(19)11-18/h1-2,11,13,17,20,34H,3-10,12,14,16H2. The normalized spacial score (nSPS) is 21.7. The number of likely N-dealkylation sites (tertiary alicyclic amines) is 1.